The molecule has 0 fully saturated rings. The number of hydrogen-bond acceptors (Lipinski definition) is 3. The first-order valence-electron chi connectivity index (χ1n) is 7.15. The number of methoxy groups -OCH3 is 1. The predicted molar refractivity (Wildman–Crippen MR) is 82.4 cm³/mol. The number of esters is 1. The maximum atomic E-state index is 12.0. The molecule has 0 aliphatic carbocycles. The summed E-state index contributed by atoms with van der Waals surface area (Å²) in [6.07, 6.45) is 0.840. The van der Waals surface area contributed by atoms with Gasteiger partial charge >= 0.3 is 5.97 Å². The van der Waals surface area contributed by atoms with Gasteiger partial charge in [-0.15, -0.1) is 0 Å². The van der Waals surface area contributed by atoms with E-state index in [0.29, 0.717) is 12.2 Å². The zero-order chi connectivity index (χ0) is 15.4. The van der Waals surface area contributed by atoms with Crippen LogP contribution in [0.15, 0.2) is 30.3 Å². The fourth-order valence-corrected chi connectivity index (χ4v) is 2.44. The van der Waals surface area contributed by atoms with Gasteiger partial charge in [-0.25, -0.2) is 4.79 Å². The van der Waals surface area contributed by atoms with Crippen LogP contribution >= 0.6 is 0 Å². The molecule has 21 heavy (non-hydrogen) atoms. The zero-order valence-electron chi connectivity index (χ0n) is 13.0. The lowest BCUT2D eigenvalue weighted by Crippen LogP contribution is -2.07. The minimum Gasteiger partial charge on any atom is -0.497 e. The van der Waals surface area contributed by atoms with Crippen LogP contribution in [-0.4, -0.2) is 24.3 Å². The molecule has 0 saturated heterocycles. The Morgan fingerprint density at radius 3 is 2.38 bits per heavy atom. The molecule has 1 aromatic heterocycles. The Bertz CT molecular complexity index is 626. The van der Waals surface area contributed by atoms with Crippen molar-refractivity contribution >= 4 is 5.97 Å². The highest BCUT2D eigenvalue weighted by Gasteiger charge is 2.18. The van der Waals surface area contributed by atoms with Gasteiger partial charge < -0.3 is 14.0 Å². The van der Waals surface area contributed by atoms with Gasteiger partial charge in [-0.1, -0.05) is 6.92 Å². The number of hydrogen-bond donors (Lipinski definition) is 0. The molecule has 0 unspecified atom stereocenters. The van der Waals surface area contributed by atoms with Crippen LogP contribution in [0.2, 0.25) is 0 Å². The molecule has 2 rings (SSSR count). The maximum absolute atomic E-state index is 12.0. The molecule has 0 aliphatic rings. The van der Waals surface area contributed by atoms with Crippen molar-refractivity contribution in [2.24, 2.45) is 0 Å². The largest absolute Gasteiger partial charge is 0.497 e. The lowest BCUT2D eigenvalue weighted by atomic mass is 10.2. The van der Waals surface area contributed by atoms with Crippen molar-refractivity contribution in [3.05, 3.63) is 47.3 Å². The second kappa shape index (κ2) is 6.48. The molecule has 1 aromatic carbocycles. The normalized spacial score (nSPS) is 10.5. The Morgan fingerprint density at radius 1 is 1.19 bits per heavy atom. The minimum absolute atomic E-state index is 0.267. The number of ether oxygens (including phenoxy) is 2. The quantitative estimate of drug-likeness (QED) is 0.790. The summed E-state index contributed by atoms with van der Waals surface area (Å²) in [7, 11) is 1.65. The van der Waals surface area contributed by atoms with E-state index in [9.17, 15) is 4.79 Å². The molecule has 2 aromatic rings. The van der Waals surface area contributed by atoms with Crippen LogP contribution in [0.5, 0.6) is 5.75 Å². The SMILES string of the molecule is CCOC(=O)c1cc(CC)n(-c2ccc(OC)cc2)c1C. The fourth-order valence-electron chi connectivity index (χ4n) is 2.44. The van der Waals surface area contributed by atoms with Crippen molar-refractivity contribution in [2.45, 2.75) is 27.2 Å². The van der Waals surface area contributed by atoms with Gasteiger partial charge in [0, 0.05) is 17.1 Å². The molecule has 112 valence electrons. The average molecular weight is 287 g/mol. The molecule has 0 aliphatic heterocycles. The van der Waals surface area contributed by atoms with Crippen molar-refractivity contribution in [3.8, 4) is 11.4 Å². The highest BCUT2D eigenvalue weighted by Crippen LogP contribution is 2.24. The number of aryl methyl sites for hydroxylation is 1. The Hall–Kier alpha value is -2.23. The van der Waals surface area contributed by atoms with Gasteiger partial charge in [0.05, 0.1) is 19.3 Å². The Balaban J connectivity index is 2.48. The minimum atomic E-state index is -0.267. The lowest BCUT2D eigenvalue weighted by molar-refractivity contribution is 0.0525. The Kier molecular flexibility index (Phi) is 4.68. The smallest absolute Gasteiger partial charge is 0.339 e. The van der Waals surface area contributed by atoms with E-state index < -0.39 is 0 Å². The van der Waals surface area contributed by atoms with Crippen LogP contribution in [0.25, 0.3) is 5.69 Å². The molecule has 0 spiro atoms. The topological polar surface area (TPSA) is 40.5 Å². The van der Waals surface area contributed by atoms with E-state index in [1.54, 1.807) is 7.11 Å². The summed E-state index contributed by atoms with van der Waals surface area (Å²) < 4.78 is 12.4. The van der Waals surface area contributed by atoms with Crippen LogP contribution in [-0.2, 0) is 11.2 Å². The molecule has 0 amide bonds. The summed E-state index contributed by atoms with van der Waals surface area (Å²) in [5.74, 6) is 0.546. The number of benzene rings is 1. The predicted octanol–water partition coefficient (Wildman–Crippen LogP) is 3.53. The summed E-state index contributed by atoms with van der Waals surface area (Å²) in [6, 6.07) is 9.72. The van der Waals surface area contributed by atoms with Crippen LogP contribution in [0.4, 0.5) is 0 Å². The molecule has 0 N–H and O–H groups in total. The van der Waals surface area contributed by atoms with Crippen molar-refractivity contribution in [1.29, 1.82) is 0 Å². The van der Waals surface area contributed by atoms with Gasteiger partial charge in [0.25, 0.3) is 0 Å². The monoisotopic (exact) mass is 287 g/mol. The Morgan fingerprint density at radius 2 is 1.86 bits per heavy atom. The summed E-state index contributed by atoms with van der Waals surface area (Å²) in [4.78, 5) is 12.0. The molecular weight excluding hydrogens is 266 g/mol. The molecule has 4 nitrogen and oxygen atoms in total. The van der Waals surface area contributed by atoms with Crippen molar-refractivity contribution in [1.82, 2.24) is 4.57 Å². The number of nitrogens with zero attached hydrogens (tertiary/aromatic N) is 1. The van der Waals surface area contributed by atoms with Gasteiger partial charge in [0.15, 0.2) is 0 Å². The van der Waals surface area contributed by atoms with E-state index in [1.165, 1.54) is 0 Å². The van der Waals surface area contributed by atoms with Crippen LogP contribution in [0, 0.1) is 6.92 Å². The molecule has 0 atom stereocenters. The third-order valence-electron chi connectivity index (χ3n) is 3.51. The van der Waals surface area contributed by atoms with E-state index in [4.69, 9.17) is 9.47 Å². The molecule has 0 bridgehead atoms. The van der Waals surface area contributed by atoms with Crippen LogP contribution < -0.4 is 4.74 Å². The van der Waals surface area contributed by atoms with E-state index in [2.05, 4.69) is 11.5 Å². The Labute approximate surface area is 125 Å². The maximum Gasteiger partial charge on any atom is 0.339 e. The average Bonchev–Trinajstić information content (AvgIpc) is 2.84. The van der Waals surface area contributed by atoms with Gasteiger partial charge in [-0.3, -0.25) is 0 Å². The van der Waals surface area contributed by atoms with Gasteiger partial charge in [-0.05, 0) is 50.6 Å². The zero-order valence-corrected chi connectivity index (χ0v) is 13.0. The van der Waals surface area contributed by atoms with Gasteiger partial charge in [-0.2, -0.15) is 0 Å². The van der Waals surface area contributed by atoms with E-state index in [0.717, 1.165) is 29.2 Å². The fraction of sp³-hybridized carbons (Fsp3) is 0.353. The highest BCUT2D eigenvalue weighted by molar-refractivity contribution is 5.91. The second-order valence-corrected chi connectivity index (χ2v) is 4.74. The van der Waals surface area contributed by atoms with Crippen molar-refractivity contribution in [2.75, 3.05) is 13.7 Å². The first-order valence-corrected chi connectivity index (χ1v) is 7.15. The summed E-state index contributed by atoms with van der Waals surface area (Å²) in [6.45, 7) is 6.21. The molecule has 0 saturated carbocycles. The number of aromatic nitrogens is 1. The molecule has 1 heterocycles. The van der Waals surface area contributed by atoms with E-state index in [-0.39, 0.29) is 5.97 Å². The van der Waals surface area contributed by atoms with Crippen molar-refractivity contribution < 1.29 is 14.3 Å². The summed E-state index contributed by atoms with van der Waals surface area (Å²) >= 11 is 0. The third-order valence-corrected chi connectivity index (χ3v) is 3.51. The molecule has 4 heteroatoms. The standard InChI is InChI=1S/C17H21NO3/c1-5-13-11-16(17(19)21-6-2)12(3)18(13)14-7-9-15(20-4)10-8-14/h7-11H,5-6H2,1-4H3. The third kappa shape index (κ3) is 2.94. The van der Waals surface area contributed by atoms with Crippen LogP contribution in [0.3, 0.4) is 0 Å². The van der Waals surface area contributed by atoms with Gasteiger partial charge in [0.1, 0.15) is 5.75 Å². The number of carbonyl (C=O) groups excluding carboxylic acids is 1. The van der Waals surface area contributed by atoms with E-state index in [1.807, 2.05) is 44.2 Å². The van der Waals surface area contributed by atoms with Crippen molar-refractivity contribution in [3.63, 3.8) is 0 Å². The number of rotatable bonds is 5. The first kappa shape index (κ1) is 15.2. The number of carbonyl (C=O) groups is 1. The highest BCUT2D eigenvalue weighted by atomic mass is 16.5. The summed E-state index contributed by atoms with van der Waals surface area (Å²) in [5.41, 5.74) is 3.63. The molecule has 0 radical (unpaired) electrons. The first-order chi connectivity index (χ1) is 10.1. The van der Waals surface area contributed by atoms with E-state index >= 15 is 0 Å². The second-order valence-electron chi connectivity index (χ2n) is 4.74. The lowest BCUT2D eigenvalue weighted by Gasteiger charge is -2.11. The van der Waals surface area contributed by atoms with Gasteiger partial charge in [0.2, 0.25) is 0 Å². The molecular formula is C17H21NO3. The summed E-state index contributed by atoms with van der Waals surface area (Å²) in [5, 5.41) is 0. The van der Waals surface area contributed by atoms with Crippen LogP contribution in [0.1, 0.15) is 35.6 Å².